The first-order valence-electron chi connectivity index (χ1n) is 8.44. The number of likely N-dealkylation sites (N-methyl/N-ethyl adjacent to an activating group) is 1. The third-order valence-electron chi connectivity index (χ3n) is 4.10. The van der Waals surface area contributed by atoms with E-state index in [0.717, 1.165) is 11.1 Å². The molecule has 140 valence electrons. The third kappa shape index (κ3) is 4.90. The average molecular weight is 386 g/mol. The lowest BCUT2D eigenvalue weighted by atomic mass is 10.2. The fraction of sp³-hybridized carbons (Fsp3) is 0.263. The van der Waals surface area contributed by atoms with E-state index in [9.17, 15) is 4.79 Å². The molecule has 2 aromatic heterocycles. The number of halogens is 1. The largest absolute Gasteiger partial charge is 0.419 e. The zero-order valence-corrected chi connectivity index (χ0v) is 16.1. The summed E-state index contributed by atoms with van der Waals surface area (Å²) in [5.41, 5.74) is 1.78. The van der Waals surface area contributed by atoms with Gasteiger partial charge >= 0.3 is 0 Å². The Labute approximate surface area is 162 Å². The van der Waals surface area contributed by atoms with Crippen LogP contribution in [0.2, 0.25) is 5.02 Å². The number of benzene rings is 1. The van der Waals surface area contributed by atoms with Gasteiger partial charge in [-0.3, -0.25) is 9.69 Å². The van der Waals surface area contributed by atoms with Crippen molar-refractivity contribution < 1.29 is 9.21 Å². The van der Waals surface area contributed by atoms with E-state index in [4.69, 9.17) is 16.0 Å². The molecule has 1 atom stereocenters. The second kappa shape index (κ2) is 8.28. The van der Waals surface area contributed by atoms with Gasteiger partial charge in [-0.15, -0.1) is 10.2 Å². The van der Waals surface area contributed by atoms with Crippen LogP contribution in [0.4, 0.5) is 5.82 Å². The van der Waals surface area contributed by atoms with Crippen molar-refractivity contribution in [3.8, 4) is 11.5 Å². The molecule has 3 aromatic rings. The molecule has 0 spiro atoms. The van der Waals surface area contributed by atoms with Crippen molar-refractivity contribution in [2.75, 3.05) is 18.9 Å². The Morgan fingerprint density at radius 2 is 2.11 bits per heavy atom. The summed E-state index contributed by atoms with van der Waals surface area (Å²) in [5.74, 6) is 1.16. The van der Waals surface area contributed by atoms with Crippen LogP contribution in [-0.4, -0.2) is 39.6 Å². The number of carbonyl (C=O) groups excluding carboxylic acids is 1. The van der Waals surface area contributed by atoms with E-state index in [1.54, 1.807) is 24.4 Å². The summed E-state index contributed by atoms with van der Waals surface area (Å²) >= 11 is 6.00. The lowest BCUT2D eigenvalue weighted by Gasteiger charge is -2.20. The predicted molar refractivity (Wildman–Crippen MR) is 103 cm³/mol. The van der Waals surface area contributed by atoms with Crippen LogP contribution >= 0.6 is 11.6 Å². The van der Waals surface area contributed by atoms with Crippen molar-refractivity contribution in [1.29, 1.82) is 0 Å². The molecule has 27 heavy (non-hydrogen) atoms. The number of hydrogen-bond donors (Lipinski definition) is 1. The van der Waals surface area contributed by atoms with E-state index in [2.05, 4.69) is 20.5 Å². The van der Waals surface area contributed by atoms with Crippen LogP contribution in [0.5, 0.6) is 0 Å². The van der Waals surface area contributed by atoms with Crippen LogP contribution in [0.25, 0.3) is 11.5 Å². The van der Waals surface area contributed by atoms with E-state index in [-0.39, 0.29) is 18.5 Å². The van der Waals surface area contributed by atoms with E-state index >= 15 is 0 Å². The first-order valence-corrected chi connectivity index (χ1v) is 8.82. The Bertz CT molecular complexity index is 926. The van der Waals surface area contributed by atoms with Crippen LogP contribution in [0.1, 0.15) is 24.4 Å². The fourth-order valence-corrected chi connectivity index (χ4v) is 2.61. The maximum atomic E-state index is 12.2. The molecule has 2 heterocycles. The van der Waals surface area contributed by atoms with E-state index in [0.29, 0.717) is 22.6 Å². The normalized spacial score (nSPS) is 12.2. The molecule has 1 unspecified atom stereocenters. The number of anilines is 1. The summed E-state index contributed by atoms with van der Waals surface area (Å²) in [6, 6.07) is 10.6. The molecule has 1 aromatic carbocycles. The summed E-state index contributed by atoms with van der Waals surface area (Å²) in [7, 11) is 1.82. The zero-order chi connectivity index (χ0) is 19.4. The van der Waals surface area contributed by atoms with E-state index < -0.39 is 0 Å². The minimum absolute atomic E-state index is 0.158. The summed E-state index contributed by atoms with van der Waals surface area (Å²) in [4.78, 5) is 18.2. The summed E-state index contributed by atoms with van der Waals surface area (Å²) < 4.78 is 5.75. The van der Waals surface area contributed by atoms with Gasteiger partial charge < -0.3 is 9.73 Å². The van der Waals surface area contributed by atoms with Gasteiger partial charge in [-0.25, -0.2) is 4.98 Å². The van der Waals surface area contributed by atoms with Crippen LogP contribution < -0.4 is 5.32 Å². The number of hydrogen-bond acceptors (Lipinski definition) is 6. The number of nitrogens with one attached hydrogen (secondary N) is 1. The van der Waals surface area contributed by atoms with Crippen molar-refractivity contribution in [2.45, 2.75) is 19.9 Å². The van der Waals surface area contributed by atoms with Gasteiger partial charge in [0.2, 0.25) is 17.7 Å². The van der Waals surface area contributed by atoms with Gasteiger partial charge in [0, 0.05) is 16.8 Å². The maximum Gasteiger partial charge on any atom is 0.247 e. The summed E-state index contributed by atoms with van der Waals surface area (Å²) in [6.45, 7) is 3.99. The molecule has 0 aliphatic rings. The second-order valence-corrected chi connectivity index (χ2v) is 6.75. The van der Waals surface area contributed by atoms with Crippen molar-refractivity contribution in [1.82, 2.24) is 20.1 Å². The summed E-state index contributed by atoms with van der Waals surface area (Å²) in [5, 5.41) is 11.5. The molecule has 0 aliphatic carbocycles. The molecule has 7 nitrogen and oxygen atoms in total. The smallest absolute Gasteiger partial charge is 0.247 e. The molecule has 3 rings (SSSR count). The lowest BCUT2D eigenvalue weighted by molar-refractivity contribution is -0.117. The molecule has 0 saturated carbocycles. The zero-order valence-electron chi connectivity index (χ0n) is 15.3. The number of nitrogens with zero attached hydrogens (tertiary/aromatic N) is 4. The van der Waals surface area contributed by atoms with Gasteiger partial charge in [0.25, 0.3) is 0 Å². The molecule has 0 bridgehead atoms. The van der Waals surface area contributed by atoms with E-state index in [1.165, 1.54) is 0 Å². The SMILES string of the molecule is Cc1ccc(NC(=O)CN(C)C(C)c2nnc(-c3cccc(Cl)c3)o2)nc1. The molecule has 0 saturated heterocycles. The molecule has 0 fully saturated rings. The van der Waals surface area contributed by atoms with Crippen molar-refractivity contribution in [3.63, 3.8) is 0 Å². The minimum Gasteiger partial charge on any atom is -0.419 e. The van der Waals surface area contributed by atoms with Gasteiger partial charge in [0.15, 0.2) is 0 Å². The highest BCUT2D eigenvalue weighted by atomic mass is 35.5. The predicted octanol–water partition coefficient (Wildman–Crippen LogP) is 3.72. The van der Waals surface area contributed by atoms with Crippen molar-refractivity contribution in [2.24, 2.45) is 0 Å². The quantitative estimate of drug-likeness (QED) is 0.696. The number of rotatable bonds is 6. The second-order valence-electron chi connectivity index (χ2n) is 6.32. The molecule has 0 radical (unpaired) electrons. The van der Waals surface area contributed by atoms with Gasteiger partial charge in [0.05, 0.1) is 12.6 Å². The van der Waals surface area contributed by atoms with E-state index in [1.807, 2.05) is 44.0 Å². The van der Waals surface area contributed by atoms with Gasteiger partial charge in [0.1, 0.15) is 5.82 Å². The monoisotopic (exact) mass is 385 g/mol. The Balaban J connectivity index is 1.62. The average Bonchev–Trinajstić information content (AvgIpc) is 3.13. The first kappa shape index (κ1) is 19.0. The maximum absolute atomic E-state index is 12.2. The summed E-state index contributed by atoms with van der Waals surface area (Å²) in [6.07, 6.45) is 1.71. The molecule has 1 N–H and O–H groups in total. The van der Waals surface area contributed by atoms with Crippen molar-refractivity contribution >= 4 is 23.3 Å². The first-order chi connectivity index (χ1) is 12.9. The van der Waals surface area contributed by atoms with Crippen LogP contribution in [0, 0.1) is 6.92 Å². The highest BCUT2D eigenvalue weighted by molar-refractivity contribution is 6.30. The van der Waals surface area contributed by atoms with Gasteiger partial charge in [-0.05, 0) is 50.7 Å². The molecule has 0 aliphatic heterocycles. The molecular formula is C19H20ClN5O2. The Kier molecular flexibility index (Phi) is 5.83. The molecule has 8 heteroatoms. The van der Waals surface area contributed by atoms with Crippen LogP contribution in [0.3, 0.4) is 0 Å². The highest BCUT2D eigenvalue weighted by Crippen LogP contribution is 2.25. The highest BCUT2D eigenvalue weighted by Gasteiger charge is 2.21. The van der Waals surface area contributed by atoms with Gasteiger partial charge in [-0.2, -0.15) is 0 Å². The standard InChI is InChI=1S/C19H20ClN5O2/c1-12-7-8-16(21-10-12)22-17(26)11-25(3)13(2)18-23-24-19(27-18)14-5-4-6-15(20)9-14/h4-10,13H,11H2,1-3H3,(H,21,22,26). The topological polar surface area (TPSA) is 84.2 Å². The van der Waals surface area contributed by atoms with Gasteiger partial charge in [-0.1, -0.05) is 23.7 Å². The fourth-order valence-electron chi connectivity index (χ4n) is 2.42. The number of aryl methyl sites for hydroxylation is 1. The Morgan fingerprint density at radius 3 is 2.81 bits per heavy atom. The third-order valence-corrected chi connectivity index (χ3v) is 4.34. The van der Waals surface area contributed by atoms with Crippen molar-refractivity contribution in [3.05, 3.63) is 59.1 Å². The van der Waals surface area contributed by atoms with Crippen LogP contribution in [-0.2, 0) is 4.79 Å². The minimum atomic E-state index is -0.234. The Hall–Kier alpha value is -2.77. The van der Waals surface area contributed by atoms with Crippen LogP contribution in [0.15, 0.2) is 47.0 Å². The molecule has 1 amide bonds. The molecular weight excluding hydrogens is 366 g/mol. The number of pyridine rings is 1. The lowest BCUT2D eigenvalue weighted by Crippen LogP contribution is -2.32. The number of aromatic nitrogens is 3. The Morgan fingerprint density at radius 1 is 1.30 bits per heavy atom. The number of amides is 1. The number of carbonyl (C=O) groups is 1.